The Morgan fingerprint density at radius 3 is 2.59 bits per heavy atom. The van der Waals surface area contributed by atoms with E-state index in [-0.39, 0.29) is 18.3 Å². The minimum atomic E-state index is -0.331. The molecule has 138 valence electrons. The van der Waals surface area contributed by atoms with Gasteiger partial charge in [0.1, 0.15) is 11.6 Å². The van der Waals surface area contributed by atoms with Gasteiger partial charge in [-0.1, -0.05) is 30.3 Å². The predicted molar refractivity (Wildman–Crippen MR) is 106 cm³/mol. The van der Waals surface area contributed by atoms with Gasteiger partial charge in [-0.05, 0) is 49.7 Å². The molecule has 0 radical (unpaired) electrons. The van der Waals surface area contributed by atoms with Crippen molar-refractivity contribution in [1.82, 2.24) is 10.3 Å². The fourth-order valence-corrected chi connectivity index (χ4v) is 2.87. The zero-order valence-corrected chi connectivity index (χ0v) is 15.4. The average Bonchev–Trinajstić information content (AvgIpc) is 2.68. The van der Waals surface area contributed by atoms with Crippen molar-refractivity contribution in [2.24, 2.45) is 0 Å². The number of nitrogens with zero attached hydrogens (tertiary/aromatic N) is 2. The number of halogens is 1. The van der Waals surface area contributed by atoms with Crippen LogP contribution in [0.2, 0.25) is 0 Å². The minimum Gasteiger partial charge on any atom is -0.348 e. The molecule has 4 nitrogen and oxygen atoms in total. The van der Waals surface area contributed by atoms with Gasteiger partial charge >= 0.3 is 0 Å². The molecule has 5 heteroatoms. The fraction of sp³-hybridized carbons (Fsp3) is 0.182. The van der Waals surface area contributed by atoms with Crippen LogP contribution >= 0.6 is 0 Å². The molecule has 2 aromatic carbocycles. The number of aryl methyl sites for hydroxylation is 1. The normalized spacial score (nSPS) is 10.5. The maximum Gasteiger partial charge on any atom is 0.253 e. The Morgan fingerprint density at radius 1 is 1.11 bits per heavy atom. The number of amides is 1. The molecule has 0 atom stereocenters. The van der Waals surface area contributed by atoms with Crippen LogP contribution in [0.25, 0.3) is 0 Å². The van der Waals surface area contributed by atoms with Crippen molar-refractivity contribution in [1.29, 1.82) is 0 Å². The standard InChI is InChI=1S/C22H22FN3O/c1-3-26(19-9-6-7-16(2)13-19)21-12-11-18(15-24-21)22(27)25-14-17-8-4-5-10-20(17)23/h4-13,15H,3,14H2,1-2H3,(H,25,27). The topological polar surface area (TPSA) is 45.2 Å². The molecule has 0 aliphatic rings. The third-order valence-corrected chi connectivity index (χ3v) is 4.31. The SMILES string of the molecule is CCN(c1cccc(C)c1)c1ccc(C(=O)NCc2ccccc2F)cn1. The van der Waals surface area contributed by atoms with Gasteiger partial charge in [-0.2, -0.15) is 0 Å². The summed E-state index contributed by atoms with van der Waals surface area (Å²) in [5, 5.41) is 2.73. The molecular weight excluding hydrogens is 341 g/mol. The maximum absolute atomic E-state index is 13.6. The van der Waals surface area contributed by atoms with Crippen molar-refractivity contribution < 1.29 is 9.18 Å². The number of anilines is 2. The van der Waals surface area contributed by atoms with Crippen molar-refractivity contribution >= 4 is 17.4 Å². The number of carbonyl (C=O) groups is 1. The summed E-state index contributed by atoms with van der Waals surface area (Å²) in [6.45, 7) is 5.00. The summed E-state index contributed by atoms with van der Waals surface area (Å²) in [5.41, 5.74) is 3.12. The molecule has 0 saturated heterocycles. The molecule has 1 amide bonds. The van der Waals surface area contributed by atoms with Gasteiger partial charge < -0.3 is 10.2 Å². The summed E-state index contributed by atoms with van der Waals surface area (Å²) in [7, 11) is 0. The van der Waals surface area contributed by atoms with Gasteiger partial charge in [-0.15, -0.1) is 0 Å². The van der Waals surface area contributed by atoms with Gasteiger partial charge in [0.25, 0.3) is 5.91 Å². The van der Waals surface area contributed by atoms with Gasteiger partial charge in [0, 0.05) is 30.5 Å². The molecule has 0 fully saturated rings. The lowest BCUT2D eigenvalue weighted by molar-refractivity contribution is 0.0950. The molecule has 1 N–H and O–H groups in total. The van der Waals surface area contributed by atoms with Crippen LogP contribution in [0, 0.1) is 12.7 Å². The van der Waals surface area contributed by atoms with Crippen LogP contribution in [-0.2, 0) is 6.54 Å². The molecule has 1 aromatic heterocycles. The van der Waals surface area contributed by atoms with Gasteiger partial charge in [0.2, 0.25) is 0 Å². The van der Waals surface area contributed by atoms with E-state index in [1.54, 1.807) is 30.5 Å². The van der Waals surface area contributed by atoms with E-state index in [4.69, 9.17) is 0 Å². The number of hydrogen-bond donors (Lipinski definition) is 1. The highest BCUT2D eigenvalue weighted by Crippen LogP contribution is 2.24. The summed E-state index contributed by atoms with van der Waals surface area (Å²) >= 11 is 0. The second kappa shape index (κ2) is 8.45. The fourth-order valence-electron chi connectivity index (χ4n) is 2.87. The lowest BCUT2D eigenvalue weighted by atomic mass is 10.2. The zero-order chi connectivity index (χ0) is 19.2. The van der Waals surface area contributed by atoms with Crippen molar-refractivity contribution in [3.63, 3.8) is 0 Å². The van der Waals surface area contributed by atoms with Crippen molar-refractivity contribution in [3.05, 3.63) is 89.4 Å². The highest BCUT2D eigenvalue weighted by atomic mass is 19.1. The molecule has 0 unspecified atom stereocenters. The highest BCUT2D eigenvalue weighted by Gasteiger charge is 2.11. The third kappa shape index (κ3) is 4.50. The first-order valence-corrected chi connectivity index (χ1v) is 8.90. The number of aromatic nitrogens is 1. The average molecular weight is 363 g/mol. The molecule has 0 spiro atoms. The first-order chi connectivity index (χ1) is 13.1. The zero-order valence-electron chi connectivity index (χ0n) is 15.4. The molecule has 1 heterocycles. The van der Waals surface area contributed by atoms with Crippen LogP contribution in [0.1, 0.15) is 28.4 Å². The Labute approximate surface area is 158 Å². The van der Waals surface area contributed by atoms with Gasteiger partial charge in [0.15, 0.2) is 0 Å². The number of carbonyl (C=O) groups excluding carboxylic acids is 1. The molecule has 0 aliphatic heterocycles. The molecule has 0 saturated carbocycles. The lowest BCUT2D eigenvalue weighted by Crippen LogP contribution is -2.24. The molecule has 0 bridgehead atoms. The first kappa shape index (κ1) is 18.6. The Morgan fingerprint density at radius 2 is 1.93 bits per heavy atom. The Kier molecular flexibility index (Phi) is 5.81. The summed E-state index contributed by atoms with van der Waals surface area (Å²) in [6, 6.07) is 18.1. The number of nitrogens with one attached hydrogen (secondary N) is 1. The second-order valence-corrected chi connectivity index (χ2v) is 6.26. The summed E-state index contributed by atoms with van der Waals surface area (Å²) in [5.74, 6) is 0.160. The van der Waals surface area contributed by atoms with Crippen LogP contribution < -0.4 is 10.2 Å². The van der Waals surface area contributed by atoms with E-state index in [0.29, 0.717) is 11.1 Å². The van der Waals surface area contributed by atoms with Crippen molar-refractivity contribution in [2.75, 3.05) is 11.4 Å². The van der Waals surface area contributed by atoms with Crippen LogP contribution in [-0.4, -0.2) is 17.4 Å². The van der Waals surface area contributed by atoms with Crippen molar-refractivity contribution in [2.45, 2.75) is 20.4 Å². The Hall–Kier alpha value is -3.21. The predicted octanol–water partition coefficient (Wildman–Crippen LogP) is 4.62. The Bertz CT molecular complexity index is 925. The van der Waals surface area contributed by atoms with Gasteiger partial charge in [-0.25, -0.2) is 9.37 Å². The van der Waals surface area contributed by atoms with Crippen LogP contribution in [0.15, 0.2) is 66.9 Å². The molecule has 3 aromatic rings. The molecule has 0 aliphatic carbocycles. The molecule has 27 heavy (non-hydrogen) atoms. The minimum absolute atomic E-state index is 0.137. The van der Waals surface area contributed by atoms with E-state index < -0.39 is 0 Å². The van der Waals surface area contributed by atoms with Gasteiger partial charge in [-0.3, -0.25) is 4.79 Å². The van der Waals surface area contributed by atoms with E-state index >= 15 is 0 Å². The number of pyridine rings is 1. The monoisotopic (exact) mass is 363 g/mol. The molecule has 3 rings (SSSR count). The summed E-state index contributed by atoms with van der Waals surface area (Å²) in [4.78, 5) is 18.8. The highest BCUT2D eigenvalue weighted by molar-refractivity contribution is 5.94. The smallest absolute Gasteiger partial charge is 0.253 e. The van der Waals surface area contributed by atoms with Crippen LogP contribution in [0.3, 0.4) is 0 Å². The number of benzene rings is 2. The van der Waals surface area contributed by atoms with Gasteiger partial charge in [0.05, 0.1) is 5.56 Å². The largest absolute Gasteiger partial charge is 0.348 e. The second-order valence-electron chi connectivity index (χ2n) is 6.26. The van der Waals surface area contributed by atoms with Crippen LogP contribution in [0.5, 0.6) is 0 Å². The van der Waals surface area contributed by atoms with Crippen molar-refractivity contribution in [3.8, 4) is 0 Å². The third-order valence-electron chi connectivity index (χ3n) is 4.31. The summed E-state index contributed by atoms with van der Waals surface area (Å²) in [6.07, 6.45) is 1.55. The Balaban J connectivity index is 1.70. The maximum atomic E-state index is 13.6. The van der Waals surface area contributed by atoms with E-state index in [0.717, 1.165) is 18.1 Å². The quantitative estimate of drug-likeness (QED) is 0.695. The number of rotatable bonds is 6. The van der Waals surface area contributed by atoms with E-state index in [1.165, 1.54) is 11.6 Å². The van der Waals surface area contributed by atoms with E-state index in [2.05, 4.69) is 28.2 Å². The van der Waals surface area contributed by atoms with E-state index in [9.17, 15) is 9.18 Å². The first-order valence-electron chi connectivity index (χ1n) is 8.90. The lowest BCUT2D eigenvalue weighted by Gasteiger charge is -2.22. The summed E-state index contributed by atoms with van der Waals surface area (Å²) < 4.78 is 13.6. The van der Waals surface area contributed by atoms with E-state index in [1.807, 2.05) is 31.2 Å². The number of hydrogen-bond acceptors (Lipinski definition) is 3. The van der Waals surface area contributed by atoms with Crippen LogP contribution in [0.4, 0.5) is 15.9 Å². The molecular formula is C22H22FN3O.